The molecule has 49 heavy (non-hydrogen) atoms. The molecular formula is C45H87AlO3. The lowest BCUT2D eigenvalue weighted by molar-refractivity contribution is -0.151. The first kappa shape index (κ1) is 43.8. The van der Waals surface area contributed by atoms with E-state index in [1.807, 2.05) is 0 Å². The first-order valence-corrected chi connectivity index (χ1v) is 24.4. The molecule has 0 N–H and O–H groups in total. The van der Waals surface area contributed by atoms with Gasteiger partial charge in [0, 0.05) is 16.8 Å². The topological polar surface area (TPSA) is 27.7 Å². The van der Waals surface area contributed by atoms with Gasteiger partial charge >= 0.3 is 15.1 Å². The largest absolute Gasteiger partial charge is 0.906 e. The predicted octanol–water partition coefficient (Wildman–Crippen LogP) is 15.1. The van der Waals surface area contributed by atoms with Crippen molar-refractivity contribution in [1.82, 2.24) is 0 Å². The van der Waals surface area contributed by atoms with Gasteiger partial charge in [0.1, 0.15) is 0 Å². The zero-order valence-electron chi connectivity index (χ0n) is 34.4. The summed E-state index contributed by atoms with van der Waals surface area (Å²) in [7, 11) is 0. The van der Waals surface area contributed by atoms with E-state index < -0.39 is 15.1 Å². The van der Waals surface area contributed by atoms with Crippen LogP contribution in [0.5, 0.6) is 0 Å². The molecule has 3 aliphatic rings. The van der Waals surface area contributed by atoms with Crippen LogP contribution in [0.4, 0.5) is 0 Å². The van der Waals surface area contributed by atoms with Crippen molar-refractivity contribution in [3.05, 3.63) is 0 Å². The van der Waals surface area contributed by atoms with Crippen LogP contribution in [0.3, 0.4) is 0 Å². The van der Waals surface area contributed by atoms with Gasteiger partial charge in [-0.2, -0.15) is 0 Å². The van der Waals surface area contributed by atoms with Crippen molar-refractivity contribution in [3.63, 3.8) is 0 Å². The Kier molecular flexibility index (Phi) is 22.1. The van der Waals surface area contributed by atoms with Gasteiger partial charge in [-0.25, -0.2) is 0 Å². The number of unbranched alkanes of at least 4 members (excludes halogenated alkanes) is 6. The van der Waals surface area contributed by atoms with Gasteiger partial charge in [-0.05, 0) is 94.8 Å². The standard InChI is InChI=1S/3C15H29O.Al/c3*1-3-5-12-15(16,13-6-4-2)14-10-8-7-9-11-14;/h3*14H,3-13H2,1-2H3;/q3*-1;+3. The first-order chi connectivity index (χ1) is 24.0. The SMILES string of the molecule is CCCCC(CCCC)([O][Al]([O]C(CCCC)(CCCC)C1CCCCC1)[O]C(CCCC)(CCCC)C1CCCCC1)C1CCCCC1. The first-order valence-electron chi connectivity index (χ1n) is 23.0. The lowest BCUT2D eigenvalue weighted by Crippen LogP contribution is -2.57. The Morgan fingerprint density at radius 2 is 0.551 bits per heavy atom. The minimum atomic E-state index is -2.58. The summed E-state index contributed by atoms with van der Waals surface area (Å²) in [4.78, 5) is 0. The van der Waals surface area contributed by atoms with Gasteiger partial charge in [0.15, 0.2) is 0 Å². The third kappa shape index (κ3) is 13.6. The van der Waals surface area contributed by atoms with E-state index in [0.717, 1.165) is 0 Å². The second-order valence-electron chi connectivity index (χ2n) is 17.5. The molecule has 3 saturated carbocycles. The summed E-state index contributed by atoms with van der Waals surface area (Å²) >= 11 is -2.58. The zero-order valence-corrected chi connectivity index (χ0v) is 35.5. The van der Waals surface area contributed by atoms with Crippen LogP contribution in [0.25, 0.3) is 0 Å². The fourth-order valence-electron chi connectivity index (χ4n) is 10.6. The molecule has 0 spiro atoms. The van der Waals surface area contributed by atoms with Gasteiger partial charge in [-0.15, -0.1) is 0 Å². The van der Waals surface area contributed by atoms with Gasteiger partial charge in [0.05, 0.1) is 0 Å². The monoisotopic (exact) mass is 703 g/mol. The smallest absolute Gasteiger partial charge is 0.449 e. The van der Waals surface area contributed by atoms with Crippen molar-refractivity contribution >= 4 is 15.1 Å². The maximum Gasteiger partial charge on any atom is 0.906 e. The Bertz CT molecular complexity index is 668. The van der Waals surface area contributed by atoms with E-state index in [1.165, 1.54) is 212 Å². The molecule has 3 rings (SSSR count). The third-order valence-electron chi connectivity index (χ3n) is 13.8. The molecule has 0 saturated heterocycles. The summed E-state index contributed by atoms with van der Waals surface area (Å²) in [5.74, 6) is 1.98. The van der Waals surface area contributed by atoms with Crippen LogP contribution < -0.4 is 0 Å². The van der Waals surface area contributed by atoms with Gasteiger partial charge in [0.25, 0.3) is 0 Å². The van der Waals surface area contributed by atoms with Crippen LogP contribution in [0.2, 0.25) is 0 Å². The molecule has 0 aromatic heterocycles. The molecule has 0 aromatic carbocycles. The van der Waals surface area contributed by atoms with Crippen molar-refractivity contribution in [2.24, 2.45) is 17.8 Å². The van der Waals surface area contributed by atoms with Crippen LogP contribution >= 0.6 is 0 Å². The Balaban J connectivity index is 2.18. The summed E-state index contributed by atoms with van der Waals surface area (Å²) in [6, 6.07) is 0. The van der Waals surface area contributed by atoms with Gasteiger partial charge < -0.3 is 11.4 Å². The molecule has 0 aromatic rings. The number of hydrogen-bond donors (Lipinski definition) is 0. The van der Waals surface area contributed by atoms with Gasteiger partial charge in [-0.3, -0.25) is 0 Å². The highest BCUT2D eigenvalue weighted by Crippen LogP contribution is 2.48. The minimum absolute atomic E-state index is 0.0784. The Labute approximate surface area is 313 Å². The second kappa shape index (κ2) is 24.7. The van der Waals surface area contributed by atoms with E-state index in [2.05, 4.69) is 41.5 Å². The van der Waals surface area contributed by atoms with E-state index in [0.29, 0.717) is 17.8 Å². The van der Waals surface area contributed by atoms with E-state index >= 15 is 0 Å². The summed E-state index contributed by atoms with van der Waals surface area (Å²) in [5.41, 5.74) is -0.235. The van der Waals surface area contributed by atoms with Gasteiger partial charge in [-0.1, -0.05) is 176 Å². The van der Waals surface area contributed by atoms with E-state index in [1.54, 1.807) is 0 Å². The van der Waals surface area contributed by atoms with E-state index in [4.69, 9.17) is 11.4 Å². The summed E-state index contributed by atoms with van der Waals surface area (Å²) in [6.45, 7) is 14.3. The van der Waals surface area contributed by atoms with Crippen molar-refractivity contribution in [3.8, 4) is 0 Å². The number of hydrogen-bond acceptors (Lipinski definition) is 3. The fourth-order valence-corrected chi connectivity index (χ4v) is 13.2. The molecular weight excluding hydrogens is 615 g/mol. The predicted molar refractivity (Wildman–Crippen MR) is 214 cm³/mol. The maximum absolute atomic E-state index is 8.09. The molecule has 0 bridgehead atoms. The molecule has 0 unspecified atom stereocenters. The molecule has 0 aliphatic heterocycles. The molecule has 0 atom stereocenters. The van der Waals surface area contributed by atoms with Crippen LogP contribution in [0, 0.1) is 17.8 Å². The maximum atomic E-state index is 8.09. The summed E-state index contributed by atoms with van der Waals surface area (Å²) in [6.07, 6.45) is 42.8. The molecule has 4 heteroatoms. The van der Waals surface area contributed by atoms with Crippen LogP contribution in [0.1, 0.15) is 253 Å². The van der Waals surface area contributed by atoms with Crippen LogP contribution in [-0.4, -0.2) is 32.0 Å². The highest BCUT2D eigenvalue weighted by atomic mass is 27.3. The molecule has 0 radical (unpaired) electrons. The Hall–Kier alpha value is 0.412. The minimum Gasteiger partial charge on any atom is -0.449 e. The molecule has 3 fully saturated rings. The lowest BCUT2D eigenvalue weighted by atomic mass is 9.72. The molecule has 0 amide bonds. The van der Waals surface area contributed by atoms with Crippen molar-refractivity contribution < 1.29 is 11.4 Å². The van der Waals surface area contributed by atoms with Crippen LogP contribution in [0.15, 0.2) is 0 Å². The van der Waals surface area contributed by atoms with Crippen LogP contribution in [-0.2, 0) is 11.4 Å². The Morgan fingerprint density at radius 1 is 0.347 bits per heavy atom. The average molecular weight is 703 g/mol. The highest BCUT2D eigenvalue weighted by molar-refractivity contribution is 6.37. The fraction of sp³-hybridized carbons (Fsp3) is 1.00. The highest BCUT2D eigenvalue weighted by Gasteiger charge is 2.55. The van der Waals surface area contributed by atoms with Crippen molar-refractivity contribution in [2.75, 3.05) is 0 Å². The summed E-state index contributed by atoms with van der Waals surface area (Å²) in [5, 5.41) is 0. The molecule has 3 nitrogen and oxygen atoms in total. The Morgan fingerprint density at radius 3 is 0.735 bits per heavy atom. The zero-order chi connectivity index (χ0) is 35.3. The molecule has 0 heterocycles. The number of rotatable bonds is 27. The molecule has 288 valence electrons. The normalized spacial score (nSPS) is 19.5. The second-order valence-corrected chi connectivity index (χ2v) is 18.7. The third-order valence-corrected chi connectivity index (χ3v) is 15.7. The van der Waals surface area contributed by atoms with E-state index in [9.17, 15) is 0 Å². The van der Waals surface area contributed by atoms with E-state index in [-0.39, 0.29) is 16.8 Å². The average Bonchev–Trinajstić information content (AvgIpc) is 3.16. The van der Waals surface area contributed by atoms with Gasteiger partial charge in [0.2, 0.25) is 0 Å². The van der Waals surface area contributed by atoms with Crippen molar-refractivity contribution in [2.45, 2.75) is 270 Å². The quantitative estimate of drug-likeness (QED) is 0.0798. The molecule has 3 aliphatic carbocycles. The summed E-state index contributed by atoms with van der Waals surface area (Å²) < 4.78 is 24.3. The van der Waals surface area contributed by atoms with Crippen molar-refractivity contribution in [1.29, 1.82) is 0 Å². The lowest BCUT2D eigenvalue weighted by Gasteiger charge is -2.51.